The molecule has 0 heterocycles. The van der Waals surface area contributed by atoms with Crippen LogP contribution in [0.5, 0.6) is 0 Å². The van der Waals surface area contributed by atoms with Crippen LogP contribution in [0.15, 0.2) is 29.2 Å². The molecule has 0 atom stereocenters. The van der Waals surface area contributed by atoms with Crippen molar-refractivity contribution in [3.63, 3.8) is 0 Å². The Morgan fingerprint density at radius 1 is 0.727 bits per heavy atom. The zero-order valence-electron chi connectivity index (χ0n) is 14.3. The number of rotatable bonds is 12. The molecule has 0 aliphatic heterocycles. The predicted molar refractivity (Wildman–Crippen MR) is 89.0 cm³/mol. The monoisotopic (exact) mass is 332 g/mol. The Bertz CT molecular complexity index is 433. The van der Waals surface area contributed by atoms with Crippen LogP contribution in [-0.4, -0.2) is 0 Å². The van der Waals surface area contributed by atoms with E-state index in [0.717, 1.165) is 6.42 Å². The fourth-order valence-corrected chi connectivity index (χ4v) is 2.94. The number of aryl methyl sites for hydroxylation is 1. The summed E-state index contributed by atoms with van der Waals surface area (Å²) in [6.07, 6.45) is 14.5. The van der Waals surface area contributed by atoms with E-state index < -0.39 is 10.7 Å². The molecule has 0 amide bonds. The van der Waals surface area contributed by atoms with Crippen molar-refractivity contribution in [2.75, 3.05) is 0 Å². The number of hydrogen-bond acceptors (Lipinski definition) is 3. The number of unbranched alkanes of at least 4 members (excludes halogenated alkanes) is 9. The third kappa shape index (κ3) is 10.8. The van der Waals surface area contributed by atoms with Crippen molar-refractivity contribution in [2.45, 2.75) is 82.4 Å². The van der Waals surface area contributed by atoms with Crippen LogP contribution in [0.1, 0.15) is 76.7 Å². The molecule has 0 unspecified atom stereocenters. The first-order chi connectivity index (χ1) is 10.2. The van der Waals surface area contributed by atoms with Crippen LogP contribution >= 0.6 is 0 Å². The van der Waals surface area contributed by atoms with Crippen molar-refractivity contribution in [3.05, 3.63) is 29.8 Å². The molecule has 2 nitrogen and oxygen atoms in total. The van der Waals surface area contributed by atoms with Crippen LogP contribution in [0.2, 0.25) is 0 Å². The maximum absolute atomic E-state index is 10.8. The quantitative estimate of drug-likeness (QED) is 0.335. The Hall–Kier alpha value is 0.170. The Morgan fingerprint density at radius 2 is 1.18 bits per heavy atom. The summed E-state index contributed by atoms with van der Waals surface area (Å²) in [7, 11) is -2.10. The van der Waals surface area contributed by atoms with Crippen molar-refractivity contribution in [1.29, 1.82) is 0 Å². The molecule has 0 saturated carbocycles. The zero-order chi connectivity index (χ0) is 15.3. The minimum absolute atomic E-state index is 0. The van der Waals surface area contributed by atoms with E-state index in [1.807, 2.05) is 12.1 Å². The summed E-state index contributed by atoms with van der Waals surface area (Å²) in [5, 5.41) is 0. The van der Waals surface area contributed by atoms with Crippen LogP contribution in [0.25, 0.3) is 0 Å². The van der Waals surface area contributed by atoms with Gasteiger partial charge in [0.2, 0.25) is 0 Å². The molecule has 0 radical (unpaired) electrons. The van der Waals surface area contributed by atoms with Gasteiger partial charge < -0.3 is 8.42 Å². The Morgan fingerprint density at radius 3 is 1.64 bits per heavy atom. The van der Waals surface area contributed by atoms with Gasteiger partial charge >= 0.3 is 29.6 Å². The molecular weight excluding hydrogens is 303 g/mol. The van der Waals surface area contributed by atoms with Crippen LogP contribution in [0.4, 0.5) is 0 Å². The normalized spacial score (nSPS) is 10.6. The van der Waals surface area contributed by atoms with E-state index in [2.05, 4.69) is 6.92 Å². The molecule has 0 bridgehead atoms. The molecule has 1 rings (SSSR count). The second-order valence-corrected chi connectivity index (χ2v) is 6.75. The fraction of sp³-hybridized carbons (Fsp3) is 0.667. The minimum Gasteiger partial charge on any atom is -0.420 e. The molecule has 0 aliphatic carbocycles. The van der Waals surface area contributed by atoms with Crippen molar-refractivity contribution in [1.82, 2.24) is 0 Å². The van der Waals surface area contributed by atoms with Gasteiger partial charge in [-0.3, -0.25) is 0 Å². The van der Waals surface area contributed by atoms with E-state index in [-0.39, 0.29) is 29.6 Å². The molecule has 0 spiro atoms. The van der Waals surface area contributed by atoms with Crippen molar-refractivity contribution < 1.29 is 38.0 Å². The Kier molecular flexibility index (Phi) is 14.9. The molecule has 0 aliphatic rings. The van der Waals surface area contributed by atoms with Crippen molar-refractivity contribution in [3.8, 4) is 0 Å². The van der Waals surface area contributed by atoms with E-state index in [1.54, 1.807) is 12.1 Å². The van der Waals surface area contributed by atoms with Gasteiger partial charge in [-0.05, 0) is 29.1 Å². The molecule has 0 saturated heterocycles. The van der Waals surface area contributed by atoms with Crippen LogP contribution < -0.4 is 29.6 Å². The predicted octanol–water partition coefficient (Wildman–Crippen LogP) is 2.82. The first-order valence-electron chi connectivity index (χ1n) is 8.42. The smallest absolute Gasteiger partial charge is 0.420 e. The summed E-state index contributed by atoms with van der Waals surface area (Å²) in [5.41, 5.74) is 1.24. The number of hydrogen-bond donors (Lipinski definition) is 0. The van der Waals surface area contributed by atoms with E-state index in [9.17, 15) is 8.42 Å². The van der Waals surface area contributed by atoms with Gasteiger partial charge in [-0.15, -0.1) is 0 Å². The average Bonchev–Trinajstić information content (AvgIpc) is 2.49. The molecule has 0 aromatic heterocycles. The zero-order valence-corrected chi connectivity index (χ0v) is 17.1. The van der Waals surface area contributed by atoms with Gasteiger partial charge in [0.05, 0.1) is 0 Å². The molecule has 0 N–H and O–H groups in total. The third-order valence-electron chi connectivity index (χ3n) is 3.93. The maximum Gasteiger partial charge on any atom is 1.00 e. The van der Waals surface area contributed by atoms with Crippen molar-refractivity contribution in [2.24, 2.45) is 0 Å². The summed E-state index contributed by atoms with van der Waals surface area (Å²) >= 11 is 0. The van der Waals surface area contributed by atoms with Crippen LogP contribution in [0.3, 0.4) is 0 Å². The fourth-order valence-electron chi connectivity index (χ4n) is 2.58. The van der Waals surface area contributed by atoms with Gasteiger partial charge in [-0.1, -0.05) is 93.9 Å². The van der Waals surface area contributed by atoms with Gasteiger partial charge in [-0.25, -0.2) is 0 Å². The largest absolute Gasteiger partial charge is 1.00 e. The SMILES string of the molecule is CCCCCCCCCCCCc1ccc([S-](=O)=O)cc1.[Na+]. The van der Waals surface area contributed by atoms with Crippen LogP contribution in [-0.2, 0) is 25.5 Å². The van der Waals surface area contributed by atoms with Gasteiger partial charge in [0.25, 0.3) is 0 Å². The summed E-state index contributed by atoms with van der Waals surface area (Å²) < 4.78 is 21.5. The molecule has 0 fully saturated rings. The van der Waals surface area contributed by atoms with Crippen LogP contribution in [0, 0.1) is 0 Å². The van der Waals surface area contributed by atoms with Gasteiger partial charge in [0, 0.05) is 0 Å². The molecule has 4 heteroatoms. The molecule has 22 heavy (non-hydrogen) atoms. The Balaban J connectivity index is 0.00000441. The van der Waals surface area contributed by atoms with Gasteiger partial charge in [0.1, 0.15) is 0 Å². The summed E-state index contributed by atoms with van der Waals surface area (Å²) in [6, 6.07) is 7.24. The summed E-state index contributed by atoms with van der Waals surface area (Å²) in [5.74, 6) is 0. The Labute approximate surface area is 160 Å². The maximum atomic E-state index is 10.8. The molecule has 1 aromatic carbocycles. The third-order valence-corrected chi connectivity index (χ3v) is 4.59. The first-order valence-corrected chi connectivity index (χ1v) is 9.49. The van der Waals surface area contributed by atoms with E-state index in [4.69, 9.17) is 0 Å². The summed E-state index contributed by atoms with van der Waals surface area (Å²) in [4.78, 5) is 0.377. The standard InChI is InChI=1S/C18H29O2S.Na/c1-2-3-4-5-6-7-8-9-10-11-12-17-13-15-18(16-14-17)21(19)20;/h13-16H,2-12H2,1H3;/q-1;+1. The molecule has 120 valence electrons. The average molecular weight is 332 g/mol. The molecular formula is C18H29NaO2S. The second kappa shape index (κ2) is 14.7. The van der Waals surface area contributed by atoms with E-state index in [1.165, 1.54) is 69.8 Å². The summed E-state index contributed by atoms with van der Waals surface area (Å²) in [6.45, 7) is 2.26. The second-order valence-electron chi connectivity index (χ2n) is 5.81. The topological polar surface area (TPSA) is 34.1 Å². The van der Waals surface area contributed by atoms with E-state index in [0.29, 0.717) is 4.90 Å². The van der Waals surface area contributed by atoms with E-state index >= 15 is 0 Å². The first kappa shape index (κ1) is 22.2. The van der Waals surface area contributed by atoms with Gasteiger partial charge in [0.15, 0.2) is 0 Å². The van der Waals surface area contributed by atoms with Gasteiger partial charge in [-0.2, -0.15) is 0 Å². The minimum atomic E-state index is -2.10. The van der Waals surface area contributed by atoms with Crippen molar-refractivity contribution >= 4 is 10.7 Å². The number of benzene rings is 1. The molecule has 1 aromatic rings.